The molecule has 6 heteroatoms. The van der Waals surface area contributed by atoms with Crippen molar-refractivity contribution in [1.29, 1.82) is 0 Å². The average Bonchev–Trinajstić information content (AvgIpc) is 2.39. The van der Waals surface area contributed by atoms with Crippen LogP contribution in [0.3, 0.4) is 0 Å². The Labute approximate surface area is 121 Å². The Morgan fingerprint density at radius 1 is 1.25 bits per heavy atom. The van der Waals surface area contributed by atoms with Gasteiger partial charge in [0, 0.05) is 18.7 Å². The number of hydrogen-bond acceptors (Lipinski definition) is 4. The summed E-state index contributed by atoms with van der Waals surface area (Å²) in [4.78, 5) is 10.2. The van der Waals surface area contributed by atoms with E-state index in [1.807, 2.05) is 31.3 Å². The van der Waals surface area contributed by atoms with E-state index in [2.05, 4.69) is 5.32 Å². The molecule has 0 radical (unpaired) electrons. The summed E-state index contributed by atoms with van der Waals surface area (Å²) in [6.45, 7) is 0.734. The zero-order valence-electron chi connectivity index (χ0n) is 10.8. The molecular weight excluding hydrogens is 280 g/mol. The molecule has 1 N–H and O–H groups in total. The lowest BCUT2D eigenvalue weighted by Gasteiger charge is -2.08. The number of nitrogens with zero attached hydrogens (tertiary/aromatic N) is 1. The molecule has 0 amide bonds. The standard InChI is InChI=1S/C14H13ClN2O3/c1-16-9-10-3-2-4-11(7-10)20-12-5-6-14(17(18)19)13(15)8-12/h2-8,16H,9H2,1H3. The first-order valence-electron chi connectivity index (χ1n) is 5.95. The van der Waals surface area contributed by atoms with Crippen LogP contribution >= 0.6 is 11.6 Å². The number of hydrogen-bond donors (Lipinski definition) is 1. The van der Waals surface area contributed by atoms with Gasteiger partial charge in [0.25, 0.3) is 5.69 Å². The SMILES string of the molecule is CNCc1cccc(Oc2ccc([N+](=O)[O-])c(Cl)c2)c1. The van der Waals surface area contributed by atoms with Crippen LogP contribution in [0, 0.1) is 10.1 Å². The predicted octanol–water partition coefficient (Wildman–Crippen LogP) is 3.76. The van der Waals surface area contributed by atoms with Crippen LogP contribution in [-0.2, 0) is 6.54 Å². The highest BCUT2D eigenvalue weighted by Gasteiger charge is 2.12. The van der Waals surface area contributed by atoms with Gasteiger partial charge in [-0.05, 0) is 30.8 Å². The largest absolute Gasteiger partial charge is 0.457 e. The highest BCUT2D eigenvalue weighted by molar-refractivity contribution is 6.32. The second-order valence-electron chi connectivity index (χ2n) is 4.15. The molecule has 0 aliphatic heterocycles. The first kappa shape index (κ1) is 14.3. The normalized spacial score (nSPS) is 10.3. The third kappa shape index (κ3) is 3.46. The average molecular weight is 293 g/mol. The van der Waals surface area contributed by atoms with Gasteiger partial charge in [0.15, 0.2) is 0 Å². The number of benzene rings is 2. The van der Waals surface area contributed by atoms with Gasteiger partial charge in [-0.1, -0.05) is 23.7 Å². The molecule has 0 saturated heterocycles. The molecule has 0 heterocycles. The van der Waals surface area contributed by atoms with Gasteiger partial charge >= 0.3 is 0 Å². The van der Waals surface area contributed by atoms with E-state index in [1.165, 1.54) is 18.2 Å². The summed E-state index contributed by atoms with van der Waals surface area (Å²) in [7, 11) is 1.86. The van der Waals surface area contributed by atoms with E-state index in [9.17, 15) is 10.1 Å². The van der Waals surface area contributed by atoms with Gasteiger partial charge in [-0.15, -0.1) is 0 Å². The van der Waals surface area contributed by atoms with Crippen LogP contribution in [-0.4, -0.2) is 12.0 Å². The zero-order valence-corrected chi connectivity index (χ0v) is 11.6. The van der Waals surface area contributed by atoms with Crippen molar-refractivity contribution in [2.75, 3.05) is 7.05 Å². The van der Waals surface area contributed by atoms with Crippen LogP contribution in [0.15, 0.2) is 42.5 Å². The second-order valence-corrected chi connectivity index (χ2v) is 4.56. The van der Waals surface area contributed by atoms with Crippen molar-refractivity contribution in [2.24, 2.45) is 0 Å². The maximum atomic E-state index is 10.7. The van der Waals surface area contributed by atoms with Gasteiger partial charge in [0.05, 0.1) is 4.92 Å². The Hall–Kier alpha value is -2.11. The van der Waals surface area contributed by atoms with E-state index in [1.54, 1.807) is 0 Å². The van der Waals surface area contributed by atoms with Crippen LogP contribution in [0.25, 0.3) is 0 Å². The second kappa shape index (κ2) is 6.36. The van der Waals surface area contributed by atoms with Crippen LogP contribution in [0.1, 0.15) is 5.56 Å². The van der Waals surface area contributed by atoms with Crippen molar-refractivity contribution >= 4 is 17.3 Å². The number of ether oxygens (including phenoxy) is 1. The van der Waals surface area contributed by atoms with Gasteiger partial charge in [-0.3, -0.25) is 10.1 Å². The van der Waals surface area contributed by atoms with Gasteiger partial charge < -0.3 is 10.1 Å². The molecule has 0 fully saturated rings. The van der Waals surface area contributed by atoms with E-state index in [0.717, 1.165) is 12.1 Å². The maximum absolute atomic E-state index is 10.7. The van der Waals surface area contributed by atoms with E-state index in [0.29, 0.717) is 11.5 Å². The molecule has 0 aliphatic carbocycles. The Bertz CT molecular complexity index is 632. The fourth-order valence-electron chi connectivity index (χ4n) is 1.76. The van der Waals surface area contributed by atoms with Crippen molar-refractivity contribution < 1.29 is 9.66 Å². The monoisotopic (exact) mass is 292 g/mol. The van der Waals surface area contributed by atoms with Crippen LogP contribution < -0.4 is 10.1 Å². The molecule has 2 aromatic carbocycles. The third-order valence-electron chi connectivity index (χ3n) is 2.63. The number of nitrogens with one attached hydrogen (secondary N) is 1. The van der Waals surface area contributed by atoms with E-state index in [-0.39, 0.29) is 10.7 Å². The quantitative estimate of drug-likeness (QED) is 0.673. The van der Waals surface area contributed by atoms with Crippen molar-refractivity contribution in [2.45, 2.75) is 6.54 Å². The summed E-state index contributed by atoms with van der Waals surface area (Å²) in [6, 6.07) is 11.9. The molecule has 0 atom stereocenters. The molecule has 0 aromatic heterocycles. The Kier molecular flexibility index (Phi) is 4.55. The van der Waals surface area contributed by atoms with Crippen molar-refractivity contribution in [3.8, 4) is 11.5 Å². The number of halogens is 1. The van der Waals surface area contributed by atoms with E-state index < -0.39 is 4.92 Å². The van der Waals surface area contributed by atoms with E-state index >= 15 is 0 Å². The number of nitro groups is 1. The number of nitro benzene ring substituents is 1. The zero-order chi connectivity index (χ0) is 14.5. The molecule has 0 bridgehead atoms. The molecule has 0 aliphatic rings. The minimum atomic E-state index is -0.528. The fraction of sp³-hybridized carbons (Fsp3) is 0.143. The highest BCUT2D eigenvalue weighted by atomic mass is 35.5. The molecule has 5 nitrogen and oxygen atoms in total. The van der Waals surface area contributed by atoms with Crippen LogP contribution in [0.2, 0.25) is 5.02 Å². The van der Waals surface area contributed by atoms with Gasteiger partial charge in [0.1, 0.15) is 16.5 Å². The Morgan fingerprint density at radius 2 is 2.00 bits per heavy atom. The molecule has 0 unspecified atom stereocenters. The van der Waals surface area contributed by atoms with Gasteiger partial charge in [-0.25, -0.2) is 0 Å². The van der Waals surface area contributed by atoms with Gasteiger partial charge in [0.2, 0.25) is 0 Å². The Balaban J connectivity index is 2.19. The highest BCUT2D eigenvalue weighted by Crippen LogP contribution is 2.31. The number of rotatable bonds is 5. The molecule has 2 rings (SSSR count). The molecule has 0 spiro atoms. The lowest BCUT2D eigenvalue weighted by atomic mass is 10.2. The van der Waals surface area contributed by atoms with Crippen molar-refractivity contribution in [1.82, 2.24) is 5.32 Å². The Morgan fingerprint density at radius 3 is 2.65 bits per heavy atom. The van der Waals surface area contributed by atoms with Crippen molar-refractivity contribution in [3.63, 3.8) is 0 Å². The summed E-state index contributed by atoms with van der Waals surface area (Å²) in [5.74, 6) is 1.12. The van der Waals surface area contributed by atoms with Gasteiger partial charge in [-0.2, -0.15) is 0 Å². The predicted molar refractivity (Wildman–Crippen MR) is 77.4 cm³/mol. The summed E-state index contributed by atoms with van der Waals surface area (Å²) in [6.07, 6.45) is 0. The minimum Gasteiger partial charge on any atom is -0.457 e. The molecule has 2 aromatic rings. The first-order chi connectivity index (χ1) is 9.60. The lowest BCUT2D eigenvalue weighted by Crippen LogP contribution is -2.04. The smallest absolute Gasteiger partial charge is 0.288 e. The van der Waals surface area contributed by atoms with Crippen molar-refractivity contribution in [3.05, 3.63) is 63.2 Å². The lowest BCUT2D eigenvalue weighted by molar-refractivity contribution is -0.384. The topological polar surface area (TPSA) is 64.4 Å². The third-order valence-corrected chi connectivity index (χ3v) is 2.93. The first-order valence-corrected chi connectivity index (χ1v) is 6.33. The molecular formula is C14H13ClN2O3. The molecule has 104 valence electrons. The van der Waals surface area contributed by atoms with Crippen LogP contribution in [0.5, 0.6) is 11.5 Å². The fourth-order valence-corrected chi connectivity index (χ4v) is 2.00. The summed E-state index contributed by atoms with van der Waals surface area (Å²) >= 11 is 5.84. The molecule has 20 heavy (non-hydrogen) atoms. The maximum Gasteiger partial charge on any atom is 0.288 e. The van der Waals surface area contributed by atoms with E-state index in [4.69, 9.17) is 16.3 Å². The van der Waals surface area contributed by atoms with Crippen LogP contribution in [0.4, 0.5) is 5.69 Å². The summed E-state index contributed by atoms with van der Waals surface area (Å²) in [5.41, 5.74) is 0.945. The minimum absolute atomic E-state index is 0.0545. The summed E-state index contributed by atoms with van der Waals surface area (Å²) < 4.78 is 5.65. The summed E-state index contributed by atoms with van der Waals surface area (Å²) in [5, 5.41) is 13.8. The molecule has 0 saturated carbocycles.